The van der Waals surface area contributed by atoms with Crippen LogP contribution in [0.15, 0.2) is 59.5 Å². The van der Waals surface area contributed by atoms with Crippen LogP contribution in [-0.2, 0) is 19.4 Å². The summed E-state index contributed by atoms with van der Waals surface area (Å²) in [5, 5.41) is 9.32. The van der Waals surface area contributed by atoms with E-state index in [0.717, 1.165) is 0 Å². The van der Waals surface area contributed by atoms with Crippen molar-refractivity contribution in [3.8, 4) is 17.6 Å². The third-order valence-electron chi connectivity index (χ3n) is 5.70. The predicted octanol–water partition coefficient (Wildman–Crippen LogP) is 2.44. The topological polar surface area (TPSA) is 122 Å². The van der Waals surface area contributed by atoms with E-state index in [1.807, 2.05) is 0 Å². The highest BCUT2D eigenvalue weighted by atomic mass is 35.5. The number of hydrogen-bond acceptors (Lipinski definition) is 8. The number of nitrogens with zero attached hydrogens (tertiary/aromatic N) is 1. The summed E-state index contributed by atoms with van der Waals surface area (Å²) >= 11 is 0. The highest BCUT2D eigenvalue weighted by Crippen LogP contribution is 2.36. The minimum absolute atomic E-state index is 0. The Hall–Kier alpha value is -3.10. The van der Waals surface area contributed by atoms with Gasteiger partial charge in [-0.15, -0.1) is 18.3 Å². The van der Waals surface area contributed by atoms with E-state index in [-0.39, 0.29) is 56.6 Å². The van der Waals surface area contributed by atoms with Gasteiger partial charge in [0.1, 0.15) is 19.1 Å². The van der Waals surface area contributed by atoms with Gasteiger partial charge in [-0.1, -0.05) is 24.1 Å². The van der Waals surface area contributed by atoms with Gasteiger partial charge >= 0.3 is 5.97 Å². The summed E-state index contributed by atoms with van der Waals surface area (Å²) < 4.78 is 35.9. The van der Waals surface area contributed by atoms with E-state index in [2.05, 4.69) is 11.8 Å². The van der Waals surface area contributed by atoms with Gasteiger partial charge in [0.05, 0.1) is 10.5 Å². The number of sulfone groups is 1. The standard InChI is InChI=1S/C24H26N2O7S.ClH/c1-2-3-17-32-20-9-11-21(12-10-20)34(30,31)24(23(28)25-29)13-15-26(16-14-24)18-33-22(27)19-7-5-4-6-8-19;/h4-12,29H,13-18H2,1H3,(H,25,28);1H. The monoisotopic (exact) mass is 522 g/mol. The molecule has 0 aliphatic carbocycles. The second-order valence-electron chi connectivity index (χ2n) is 7.67. The van der Waals surface area contributed by atoms with Crippen LogP contribution in [0.4, 0.5) is 0 Å². The van der Waals surface area contributed by atoms with Crippen molar-refractivity contribution >= 4 is 34.1 Å². The van der Waals surface area contributed by atoms with Crippen molar-refractivity contribution in [2.24, 2.45) is 0 Å². The minimum atomic E-state index is -4.16. The maximum atomic E-state index is 13.5. The number of rotatable bonds is 8. The average Bonchev–Trinajstić information content (AvgIpc) is 2.88. The number of piperidine rings is 1. The second-order valence-corrected chi connectivity index (χ2v) is 9.93. The fraction of sp³-hybridized carbons (Fsp3) is 0.333. The zero-order valence-corrected chi connectivity index (χ0v) is 20.7. The number of hydroxylamine groups is 1. The Kier molecular flexibility index (Phi) is 10.1. The van der Waals surface area contributed by atoms with Crippen molar-refractivity contribution in [2.75, 3.05) is 26.4 Å². The highest BCUT2D eigenvalue weighted by molar-refractivity contribution is 7.93. The molecule has 0 radical (unpaired) electrons. The molecule has 2 N–H and O–H groups in total. The van der Waals surface area contributed by atoms with E-state index < -0.39 is 26.5 Å². The molecule has 1 fully saturated rings. The number of halogens is 1. The molecule has 2 aromatic carbocycles. The molecule has 0 aromatic heterocycles. The van der Waals surface area contributed by atoms with Crippen LogP contribution in [0.25, 0.3) is 0 Å². The van der Waals surface area contributed by atoms with Gasteiger partial charge in [0.25, 0.3) is 5.91 Å². The number of carbonyl (C=O) groups is 2. The first-order chi connectivity index (χ1) is 16.3. The Morgan fingerprint density at radius 1 is 1.09 bits per heavy atom. The molecule has 0 bridgehead atoms. The number of likely N-dealkylation sites (tertiary alicyclic amines) is 1. The summed E-state index contributed by atoms with van der Waals surface area (Å²) in [7, 11) is -4.16. The van der Waals surface area contributed by atoms with Gasteiger partial charge in [-0.25, -0.2) is 18.7 Å². The number of benzene rings is 2. The van der Waals surface area contributed by atoms with Crippen LogP contribution < -0.4 is 10.2 Å². The zero-order chi connectivity index (χ0) is 24.6. The summed E-state index contributed by atoms with van der Waals surface area (Å²) in [5.74, 6) is 4.40. The number of amides is 1. The lowest BCUT2D eigenvalue weighted by Gasteiger charge is -2.39. The summed E-state index contributed by atoms with van der Waals surface area (Å²) in [6.07, 6.45) is -0.177. The Morgan fingerprint density at radius 3 is 2.29 bits per heavy atom. The van der Waals surface area contributed by atoms with Crippen LogP contribution >= 0.6 is 12.4 Å². The van der Waals surface area contributed by atoms with E-state index in [4.69, 9.17) is 9.47 Å². The maximum Gasteiger partial charge on any atom is 0.339 e. The Bertz CT molecular complexity index is 1170. The SMILES string of the molecule is CC#CCOc1ccc(S(=O)(=O)C2(C(=O)NO)CCN(COC(=O)c3ccccc3)CC2)cc1.Cl. The molecule has 3 rings (SSSR count). The third kappa shape index (κ3) is 6.32. The lowest BCUT2D eigenvalue weighted by atomic mass is 9.95. The summed E-state index contributed by atoms with van der Waals surface area (Å²) in [6.45, 7) is 2.15. The van der Waals surface area contributed by atoms with E-state index in [1.165, 1.54) is 29.7 Å². The normalized spacial score (nSPS) is 15.0. The first-order valence-electron chi connectivity index (χ1n) is 10.6. The number of nitrogens with one attached hydrogen (secondary N) is 1. The van der Waals surface area contributed by atoms with Gasteiger partial charge in [-0.05, 0) is 56.2 Å². The molecule has 0 saturated carbocycles. The van der Waals surface area contributed by atoms with Gasteiger partial charge in [0, 0.05) is 13.1 Å². The van der Waals surface area contributed by atoms with Gasteiger partial charge in [-0.3, -0.25) is 14.9 Å². The van der Waals surface area contributed by atoms with E-state index >= 15 is 0 Å². The third-order valence-corrected chi connectivity index (χ3v) is 8.22. The molecule has 0 unspecified atom stereocenters. The predicted molar refractivity (Wildman–Crippen MR) is 130 cm³/mol. The lowest BCUT2D eigenvalue weighted by molar-refractivity contribution is -0.133. The zero-order valence-electron chi connectivity index (χ0n) is 19.1. The molecule has 35 heavy (non-hydrogen) atoms. The average molecular weight is 523 g/mol. The summed E-state index contributed by atoms with van der Waals surface area (Å²) in [4.78, 5) is 26.5. The van der Waals surface area contributed by atoms with Crippen molar-refractivity contribution < 1.29 is 32.7 Å². The fourth-order valence-corrected chi connectivity index (χ4v) is 5.66. The van der Waals surface area contributed by atoms with Crippen LogP contribution in [0.2, 0.25) is 0 Å². The summed E-state index contributed by atoms with van der Waals surface area (Å²) in [5.41, 5.74) is 1.93. The van der Waals surface area contributed by atoms with E-state index in [1.54, 1.807) is 42.2 Å². The molecule has 1 aliphatic heterocycles. The minimum Gasteiger partial charge on any atom is -0.481 e. The van der Waals surface area contributed by atoms with Gasteiger partial charge in [-0.2, -0.15) is 0 Å². The number of esters is 1. The molecule has 11 heteroatoms. The van der Waals surface area contributed by atoms with Gasteiger partial charge in [0.2, 0.25) is 0 Å². The Labute approximate surface area is 210 Å². The smallest absolute Gasteiger partial charge is 0.339 e. The van der Waals surface area contributed by atoms with Gasteiger partial charge in [0.15, 0.2) is 14.6 Å². The molecule has 0 spiro atoms. The van der Waals surface area contributed by atoms with Crippen LogP contribution in [0, 0.1) is 11.8 Å². The van der Waals surface area contributed by atoms with Crippen molar-refractivity contribution in [1.29, 1.82) is 0 Å². The lowest BCUT2D eigenvalue weighted by Crippen LogP contribution is -2.57. The molecule has 1 heterocycles. The molecule has 1 aliphatic rings. The molecule has 2 aromatic rings. The quantitative estimate of drug-likeness (QED) is 0.234. The molecular formula is C24H27ClN2O7S. The molecule has 1 amide bonds. The Balaban J connectivity index is 0.00000432. The van der Waals surface area contributed by atoms with E-state index in [9.17, 15) is 23.2 Å². The molecule has 0 atom stereocenters. The second kappa shape index (κ2) is 12.6. The summed E-state index contributed by atoms with van der Waals surface area (Å²) in [6, 6.07) is 14.2. The first kappa shape index (κ1) is 28.1. The number of ether oxygens (including phenoxy) is 2. The van der Waals surface area contributed by atoms with Crippen molar-refractivity contribution in [3.63, 3.8) is 0 Å². The van der Waals surface area contributed by atoms with Crippen LogP contribution in [0.1, 0.15) is 30.1 Å². The van der Waals surface area contributed by atoms with Crippen LogP contribution in [0.5, 0.6) is 5.75 Å². The largest absolute Gasteiger partial charge is 0.481 e. The highest BCUT2D eigenvalue weighted by Gasteiger charge is 2.53. The molecule has 188 valence electrons. The molecule has 9 nitrogen and oxygen atoms in total. The van der Waals surface area contributed by atoms with Crippen LogP contribution in [0.3, 0.4) is 0 Å². The van der Waals surface area contributed by atoms with Crippen molar-refractivity contribution in [3.05, 3.63) is 60.2 Å². The molecule has 1 saturated heterocycles. The maximum absolute atomic E-state index is 13.5. The number of hydrogen-bond donors (Lipinski definition) is 2. The van der Waals surface area contributed by atoms with Crippen molar-refractivity contribution in [1.82, 2.24) is 10.4 Å². The first-order valence-corrected chi connectivity index (χ1v) is 12.1. The van der Waals surface area contributed by atoms with Crippen molar-refractivity contribution in [2.45, 2.75) is 29.4 Å². The van der Waals surface area contributed by atoms with Gasteiger partial charge < -0.3 is 9.47 Å². The number of carbonyl (C=O) groups excluding carboxylic acids is 2. The Morgan fingerprint density at radius 2 is 1.71 bits per heavy atom. The molecular weight excluding hydrogens is 496 g/mol. The van der Waals surface area contributed by atoms with E-state index in [0.29, 0.717) is 11.3 Å². The fourth-order valence-electron chi connectivity index (χ4n) is 3.70. The van der Waals surface area contributed by atoms with Crippen LogP contribution in [-0.4, -0.2) is 61.6 Å².